The van der Waals surface area contributed by atoms with E-state index in [-0.39, 0.29) is 18.7 Å². The Kier molecular flexibility index (Phi) is 9.78. The van der Waals surface area contributed by atoms with Crippen molar-refractivity contribution in [3.63, 3.8) is 0 Å². The number of halogens is 1. The fraction of sp³-hybridized carbons (Fsp3) is 0.688. The van der Waals surface area contributed by atoms with E-state index in [1.54, 1.807) is 0 Å². The molecule has 0 bridgehead atoms. The van der Waals surface area contributed by atoms with Crippen molar-refractivity contribution in [3.05, 3.63) is 0 Å². The van der Waals surface area contributed by atoms with E-state index in [1.807, 2.05) is 0 Å². The van der Waals surface area contributed by atoms with Gasteiger partial charge in [-0.3, -0.25) is 33.8 Å². The lowest BCUT2D eigenvalue weighted by Crippen LogP contribution is -2.60. The number of carboxylic acid groups (broad SMARTS) is 4. The molecule has 3 atom stereocenters. The highest BCUT2D eigenvalue weighted by molar-refractivity contribution is 6.27. The highest BCUT2D eigenvalue weighted by Crippen LogP contribution is 2.28. The first-order valence-electron chi connectivity index (χ1n) is 8.74. The number of rotatable bonds is 12. The van der Waals surface area contributed by atoms with Gasteiger partial charge in [-0.2, -0.15) is 0 Å². The zero-order valence-electron chi connectivity index (χ0n) is 15.5. The third-order valence-electron chi connectivity index (χ3n) is 4.56. The summed E-state index contributed by atoms with van der Waals surface area (Å²) >= 11 is 5.48. The van der Waals surface area contributed by atoms with Crippen LogP contribution in [0.1, 0.15) is 19.3 Å². The maximum absolute atomic E-state index is 11.6. The molecule has 12 nitrogen and oxygen atoms in total. The Bertz CT molecular complexity index is 613. The number of aliphatic carboxylic acids is 4. The maximum Gasteiger partial charge on any atom is 0.317 e. The first kappa shape index (κ1) is 24.6. The first-order valence-corrected chi connectivity index (χ1v) is 9.27. The Hall–Kier alpha value is -2.44. The van der Waals surface area contributed by atoms with E-state index >= 15 is 0 Å². The highest BCUT2D eigenvalue weighted by Gasteiger charge is 2.40. The minimum atomic E-state index is -1.29. The number of carboxylic acids is 4. The first-order chi connectivity index (χ1) is 13.5. The number of nitrogens with one attached hydrogen (secondary N) is 1. The van der Waals surface area contributed by atoms with Gasteiger partial charge < -0.3 is 25.7 Å². The Morgan fingerprint density at radius 2 is 1.17 bits per heavy atom. The summed E-state index contributed by atoms with van der Waals surface area (Å²) < 4.78 is 0. The van der Waals surface area contributed by atoms with E-state index in [9.17, 15) is 24.0 Å². The minimum absolute atomic E-state index is 0.115. The van der Waals surface area contributed by atoms with Gasteiger partial charge in [0.15, 0.2) is 0 Å². The van der Waals surface area contributed by atoms with Gasteiger partial charge in [0.05, 0.1) is 26.2 Å². The van der Waals surface area contributed by atoms with Crippen molar-refractivity contribution < 1.29 is 44.4 Å². The molecule has 13 heteroatoms. The molecule has 1 aliphatic carbocycles. The predicted octanol–water partition coefficient (Wildman–Crippen LogP) is -1.43. The van der Waals surface area contributed by atoms with Gasteiger partial charge in [-0.1, -0.05) is 0 Å². The predicted molar refractivity (Wildman–Crippen MR) is 97.8 cm³/mol. The molecular formula is C16H24ClN3O9. The number of alkyl halides is 1. The van der Waals surface area contributed by atoms with Crippen LogP contribution in [0.4, 0.5) is 0 Å². The molecule has 3 unspecified atom stereocenters. The zero-order valence-corrected chi connectivity index (χ0v) is 16.2. The summed E-state index contributed by atoms with van der Waals surface area (Å²) in [5.41, 5.74) is 0. The van der Waals surface area contributed by atoms with Crippen molar-refractivity contribution >= 4 is 41.4 Å². The Morgan fingerprint density at radius 1 is 0.759 bits per heavy atom. The van der Waals surface area contributed by atoms with E-state index in [0.717, 1.165) is 4.90 Å². The van der Waals surface area contributed by atoms with Crippen molar-refractivity contribution in [2.45, 2.75) is 37.4 Å². The molecule has 0 saturated heterocycles. The zero-order chi connectivity index (χ0) is 22.1. The van der Waals surface area contributed by atoms with Gasteiger partial charge >= 0.3 is 23.9 Å². The van der Waals surface area contributed by atoms with Crippen LogP contribution >= 0.6 is 11.6 Å². The smallest absolute Gasteiger partial charge is 0.317 e. The minimum Gasteiger partial charge on any atom is -0.480 e. The lowest BCUT2D eigenvalue weighted by molar-refractivity contribution is -0.149. The van der Waals surface area contributed by atoms with Gasteiger partial charge in [-0.25, -0.2) is 0 Å². The molecule has 0 heterocycles. The number of hydrogen-bond donors (Lipinski definition) is 5. The van der Waals surface area contributed by atoms with E-state index in [2.05, 4.69) is 5.32 Å². The van der Waals surface area contributed by atoms with Gasteiger partial charge in [0, 0.05) is 18.1 Å². The summed E-state index contributed by atoms with van der Waals surface area (Å²) in [7, 11) is 0. The molecule has 0 radical (unpaired) electrons. The molecule has 1 rings (SSSR count). The van der Waals surface area contributed by atoms with Gasteiger partial charge in [-0.05, 0) is 19.3 Å². The van der Waals surface area contributed by atoms with Crippen LogP contribution in [0.2, 0.25) is 0 Å². The second-order valence-corrected chi connectivity index (χ2v) is 7.00. The van der Waals surface area contributed by atoms with Crippen molar-refractivity contribution in [3.8, 4) is 0 Å². The van der Waals surface area contributed by atoms with Crippen molar-refractivity contribution in [1.82, 2.24) is 15.1 Å². The Balaban J connectivity index is 3.21. The summed E-state index contributed by atoms with van der Waals surface area (Å²) in [6, 6.07) is -1.98. The van der Waals surface area contributed by atoms with Crippen LogP contribution in [-0.2, 0) is 24.0 Å². The van der Waals surface area contributed by atoms with Gasteiger partial charge in [-0.15, -0.1) is 11.6 Å². The van der Waals surface area contributed by atoms with E-state index < -0.39 is 74.1 Å². The quantitative estimate of drug-likeness (QED) is 0.225. The summed E-state index contributed by atoms with van der Waals surface area (Å²) in [6.07, 6.45) is 0.714. The molecule has 1 saturated carbocycles. The molecular weight excluding hydrogens is 414 g/mol. The molecule has 5 N–H and O–H groups in total. The van der Waals surface area contributed by atoms with Crippen molar-refractivity contribution in [2.75, 3.05) is 32.1 Å². The molecule has 0 aromatic carbocycles. The summed E-state index contributed by atoms with van der Waals surface area (Å²) in [5.74, 6) is -5.87. The van der Waals surface area contributed by atoms with Crippen LogP contribution in [-0.4, -0.2) is 110 Å². The summed E-state index contributed by atoms with van der Waals surface area (Å²) in [5, 5.41) is 39.3. The van der Waals surface area contributed by atoms with Crippen molar-refractivity contribution in [2.24, 2.45) is 0 Å². The Labute approximate surface area is 171 Å². The Morgan fingerprint density at radius 3 is 1.55 bits per heavy atom. The van der Waals surface area contributed by atoms with Gasteiger partial charge in [0.2, 0.25) is 5.91 Å². The fourth-order valence-corrected chi connectivity index (χ4v) is 3.70. The molecule has 1 amide bonds. The molecule has 1 aliphatic rings. The van der Waals surface area contributed by atoms with Crippen LogP contribution in [0.15, 0.2) is 0 Å². The number of nitrogens with zero attached hydrogens (tertiary/aromatic N) is 2. The number of carbonyl (C=O) groups excluding carboxylic acids is 1. The average Bonchev–Trinajstić information content (AvgIpc) is 2.58. The summed E-state index contributed by atoms with van der Waals surface area (Å²) in [6.45, 7) is -2.50. The van der Waals surface area contributed by atoms with Crippen molar-refractivity contribution in [1.29, 1.82) is 0 Å². The normalized spacial score (nSPS) is 21.7. The van der Waals surface area contributed by atoms with Crippen LogP contribution in [0.3, 0.4) is 0 Å². The molecule has 164 valence electrons. The van der Waals surface area contributed by atoms with Gasteiger partial charge in [0.25, 0.3) is 0 Å². The lowest BCUT2D eigenvalue weighted by Gasteiger charge is -2.45. The lowest BCUT2D eigenvalue weighted by atomic mass is 9.84. The monoisotopic (exact) mass is 437 g/mol. The molecule has 1 fully saturated rings. The maximum atomic E-state index is 11.6. The van der Waals surface area contributed by atoms with Crippen LogP contribution in [0.25, 0.3) is 0 Å². The highest BCUT2D eigenvalue weighted by atomic mass is 35.5. The molecule has 0 spiro atoms. The third-order valence-corrected chi connectivity index (χ3v) is 4.80. The second-order valence-electron chi connectivity index (χ2n) is 6.73. The van der Waals surface area contributed by atoms with E-state index in [4.69, 9.17) is 32.0 Å². The molecule has 0 aromatic rings. The average molecular weight is 438 g/mol. The number of amides is 1. The van der Waals surface area contributed by atoms with E-state index in [1.165, 1.54) is 4.90 Å². The number of hydrogen-bond acceptors (Lipinski definition) is 7. The molecule has 29 heavy (non-hydrogen) atoms. The summed E-state index contributed by atoms with van der Waals surface area (Å²) in [4.78, 5) is 58.8. The molecule has 0 aliphatic heterocycles. The van der Waals surface area contributed by atoms with Crippen LogP contribution in [0, 0.1) is 0 Å². The third kappa shape index (κ3) is 8.62. The van der Waals surface area contributed by atoms with Crippen LogP contribution in [0.5, 0.6) is 0 Å². The standard InChI is InChI=1S/C16H24ClN3O9/c17-4-12(21)18-9-1-2-10(19(5-13(22)23)6-14(24)25)11(3-9)20(7-15(26)27)8-16(28)29/h9-11H,1-8H2,(H,18,21)(H,22,23)(H,24,25)(H,26,27)(H,28,29). The fourth-order valence-electron chi connectivity index (χ4n) is 3.62. The topological polar surface area (TPSA) is 185 Å². The second kappa shape index (κ2) is 11.5. The van der Waals surface area contributed by atoms with E-state index in [0.29, 0.717) is 6.42 Å². The number of carbonyl (C=O) groups is 5. The SMILES string of the molecule is O=C(O)CN(CC(=O)O)C1CCC(NC(=O)CCl)CC1N(CC(=O)O)CC(=O)O. The largest absolute Gasteiger partial charge is 0.480 e. The van der Waals surface area contributed by atoms with Gasteiger partial charge in [0.1, 0.15) is 5.88 Å². The molecule has 0 aromatic heterocycles. The van der Waals surface area contributed by atoms with Crippen LogP contribution < -0.4 is 5.32 Å².